The molecule has 2 fully saturated rings. The average molecular weight is 341 g/mol. The van der Waals surface area contributed by atoms with Gasteiger partial charge in [-0.05, 0) is 37.5 Å². The number of carbonyl (C=O) groups is 1. The summed E-state index contributed by atoms with van der Waals surface area (Å²) < 4.78 is 40.5. The largest absolute Gasteiger partial charge is 0.339 e. The minimum Gasteiger partial charge on any atom is -0.339 e. The summed E-state index contributed by atoms with van der Waals surface area (Å²) >= 11 is 0. The summed E-state index contributed by atoms with van der Waals surface area (Å²) in [5.41, 5.74) is 5.65. The zero-order valence-electron chi connectivity index (χ0n) is 12.7. The molecule has 0 bridgehead atoms. The van der Waals surface area contributed by atoms with Crippen molar-refractivity contribution < 1.29 is 17.6 Å². The van der Waals surface area contributed by atoms with Crippen LogP contribution in [0.15, 0.2) is 23.1 Å². The molecule has 1 aromatic rings. The Morgan fingerprint density at radius 2 is 1.91 bits per heavy atom. The van der Waals surface area contributed by atoms with E-state index in [2.05, 4.69) is 0 Å². The van der Waals surface area contributed by atoms with Crippen molar-refractivity contribution in [3.8, 4) is 0 Å². The molecular formula is C15H20FN3O3S. The minimum atomic E-state index is -3.77. The molecule has 0 radical (unpaired) electrons. The first-order chi connectivity index (χ1) is 10.9. The molecule has 0 aliphatic carbocycles. The molecule has 2 N–H and O–H groups in total. The topological polar surface area (TPSA) is 83.7 Å². The zero-order chi connectivity index (χ0) is 16.6. The standard InChI is InChI=1S/C15H20FN3O3S/c16-14-9-12(23(21,22)19-8-5-11(17)10-19)3-4-13(14)15(20)18-6-1-2-7-18/h3-4,9,11H,1-2,5-8,10,17H2/t11-/m1/s1. The molecule has 1 atom stereocenters. The van der Waals surface area contributed by atoms with Gasteiger partial charge in [-0.3, -0.25) is 4.79 Å². The lowest BCUT2D eigenvalue weighted by atomic mass is 10.2. The number of nitrogens with two attached hydrogens (primary N) is 1. The van der Waals surface area contributed by atoms with E-state index in [1.54, 1.807) is 4.90 Å². The van der Waals surface area contributed by atoms with Crippen molar-refractivity contribution in [3.63, 3.8) is 0 Å². The van der Waals surface area contributed by atoms with Crippen molar-refractivity contribution in [2.45, 2.75) is 30.2 Å². The van der Waals surface area contributed by atoms with Crippen molar-refractivity contribution in [1.29, 1.82) is 0 Å². The Morgan fingerprint density at radius 1 is 1.22 bits per heavy atom. The van der Waals surface area contributed by atoms with E-state index in [0.717, 1.165) is 18.9 Å². The highest BCUT2D eigenvalue weighted by Gasteiger charge is 2.32. The van der Waals surface area contributed by atoms with Crippen molar-refractivity contribution in [2.75, 3.05) is 26.2 Å². The molecule has 1 aromatic carbocycles. The summed E-state index contributed by atoms with van der Waals surface area (Å²) in [6.45, 7) is 1.80. The summed E-state index contributed by atoms with van der Waals surface area (Å²) in [5.74, 6) is -1.18. The second-order valence-electron chi connectivity index (χ2n) is 6.05. The van der Waals surface area contributed by atoms with Crippen molar-refractivity contribution >= 4 is 15.9 Å². The normalized spacial score (nSPS) is 22.7. The van der Waals surface area contributed by atoms with Crippen molar-refractivity contribution in [1.82, 2.24) is 9.21 Å². The number of rotatable bonds is 3. The predicted molar refractivity (Wildman–Crippen MR) is 82.9 cm³/mol. The molecular weight excluding hydrogens is 321 g/mol. The Balaban J connectivity index is 1.85. The summed E-state index contributed by atoms with van der Waals surface area (Å²) in [5, 5.41) is 0. The second-order valence-corrected chi connectivity index (χ2v) is 7.99. The lowest BCUT2D eigenvalue weighted by molar-refractivity contribution is 0.0788. The molecule has 8 heteroatoms. The second kappa shape index (κ2) is 6.18. The summed E-state index contributed by atoms with van der Waals surface area (Å²) in [4.78, 5) is 13.7. The summed E-state index contributed by atoms with van der Waals surface area (Å²) in [6.07, 6.45) is 2.41. The van der Waals surface area contributed by atoms with E-state index in [1.807, 2.05) is 0 Å². The maximum Gasteiger partial charge on any atom is 0.256 e. The van der Waals surface area contributed by atoms with Crippen molar-refractivity contribution in [2.24, 2.45) is 5.73 Å². The Kier molecular flexibility index (Phi) is 4.39. The molecule has 0 spiro atoms. The Morgan fingerprint density at radius 3 is 2.48 bits per heavy atom. The monoisotopic (exact) mass is 341 g/mol. The first-order valence-electron chi connectivity index (χ1n) is 7.74. The molecule has 0 aromatic heterocycles. The average Bonchev–Trinajstić information content (AvgIpc) is 3.17. The number of hydrogen-bond acceptors (Lipinski definition) is 4. The fourth-order valence-electron chi connectivity index (χ4n) is 3.04. The van der Waals surface area contributed by atoms with Crippen LogP contribution in [0.2, 0.25) is 0 Å². The van der Waals surface area contributed by atoms with Gasteiger partial charge >= 0.3 is 0 Å². The van der Waals surface area contributed by atoms with Crippen LogP contribution in [-0.2, 0) is 10.0 Å². The Hall–Kier alpha value is -1.51. The van der Waals surface area contributed by atoms with Gasteiger partial charge in [-0.2, -0.15) is 4.31 Å². The molecule has 2 heterocycles. The van der Waals surface area contributed by atoms with E-state index < -0.39 is 15.8 Å². The number of carbonyl (C=O) groups excluding carboxylic acids is 1. The van der Waals surface area contributed by atoms with E-state index in [4.69, 9.17) is 5.73 Å². The maximum atomic E-state index is 14.3. The van der Waals surface area contributed by atoms with Crippen molar-refractivity contribution in [3.05, 3.63) is 29.6 Å². The van der Waals surface area contributed by atoms with Crippen LogP contribution in [0.5, 0.6) is 0 Å². The lowest BCUT2D eigenvalue weighted by Crippen LogP contribution is -2.32. The number of amides is 1. The highest BCUT2D eigenvalue weighted by molar-refractivity contribution is 7.89. The third-order valence-electron chi connectivity index (χ3n) is 4.39. The molecule has 2 aliphatic heterocycles. The van der Waals surface area contributed by atoms with Crippen LogP contribution in [0.25, 0.3) is 0 Å². The van der Waals surface area contributed by atoms with Gasteiger partial charge in [0, 0.05) is 32.2 Å². The first kappa shape index (κ1) is 16.4. The van der Waals surface area contributed by atoms with Gasteiger partial charge < -0.3 is 10.6 Å². The minimum absolute atomic E-state index is 0.0797. The maximum absolute atomic E-state index is 14.3. The van der Waals surface area contributed by atoms with Crippen LogP contribution < -0.4 is 5.73 Å². The highest BCUT2D eigenvalue weighted by Crippen LogP contribution is 2.23. The molecule has 3 rings (SSSR count). The fourth-order valence-corrected chi connectivity index (χ4v) is 4.57. The number of sulfonamides is 1. The van der Waals surface area contributed by atoms with E-state index in [9.17, 15) is 17.6 Å². The predicted octanol–water partition coefficient (Wildman–Crippen LogP) is 0.783. The number of likely N-dealkylation sites (tertiary alicyclic amines) is 1. The Labute approximate surface area is 135 Å². The van der Waals surface area contributed by atoms with E-state index in [1.165, 1.54) is 16.4 Å². The first-order valence-corrected chi connectivity index (χ1v) is 9.18. The van der Waals surface area contributed by atoms with E-state index >= 15 is 0 Å². The van der Waals surface area contributed by atoms with Crippen LogP contribution in [0, 0.1) is 5.82 Å². The van der Waals surface area contributed by atoms with E-state index in [-0.39, 0.29) is 29.0 Å². The van der Waals surface area contributed by atoms with Gasteiger partial charge in [0.1, 0.15) is 5.82 Å². The fraction of sp³-hybridized carbons (Fsp3) is 0.533. The quantitative estimate of drug-likeness (QED) is 0.881. The van der Waals surface area contributed by atoms with Gasteiger partial charge in [0.15, 0.2) is 0 Å². The van der Waals surface area contributed by atoms with Crippen LogP contribution in [0.3, 0.4) is 0 Å². The molecule has 126 valence electrons. The molecule has 23 heavy (non-hydrogen) atoms. The number of halogens is 1. The van der Waals surface area contributed by atoms with Gasteiger partial charge in [-0.25, -0.2) is 12.8 Å². The summed E-state index contributed by atoms with van der Waals surface area (Å²) in [6, 6.07) is 3.30. The number of hydrogen-bond donors (Lipinski definition) is 1. The zero-order valence-corrected chi connectivity index (χ0v) is 13.6. The SMILES string of the molecule is N[C@@H]1CCN(S(=O)(=O)c2ccc(C(=O)N3CCCC3)c(F)c2)C1. The molecule has 6 nitrogen and oxygen atoms in total. The third-order valence-corrected chi connectivity index (χ3v) is 6.25. The molecule has 2 saturated heterocycles. The Bertz CT molecular complexity index is 717. The molecule has 0 unspecified atom stereocenters. The van der Waals surface area contributed by atoms with Crippen LogP contribution in [0.1, 0.15) is 29.6 Å². The highest BCUT2D eigenvalue weighted by atomic mass is 32.2. The van der Waals surface area contributed by atoms with Gasteiger partial charge in [-0.1, -0.05) is 0 Å². The summed E-state index contributed by atoms with van der Waals surface area (Å²) in [7, 11) is -3.77. The lowest BCUT2D eigenvalue weighted by Gasteiger charge is -2.18. The van der Waals surface area contributed by atoms with Gasteiger partial charge in [0.25, 0.3) is 5.91 Å². The van der Waals surface area contributed by atoms with E-state index in [0.29, 0.717) is 26.1 Å². The van der Waals surface area contributed by atoms with Crippen LogP contribution in [-0.4, -0.2) is 55.8 Å². The third kappa shape index (κ3) is 3.11. The molecule has 1 amide bonds. The van der Waals surface area contributed by atoms with Gasteiger partial charge in [-0.15, -0.1) is 0 Å². The number of nitrogens with zero attached hydrogens (tertiary/aromatic N) is 2. The van der Waals surface area contributed by atoms with Crippen LogP contribution in [0.4, 0.5) is 4.39 Å². The van der Waals surface area contributed by atoms with Gasteiger partial charge in [0.05, 0.1) is 10.5 Å². The molecule has 0 saturated carbocycles. The van der Waals surface area contributed by atoms with Gasteiger partial charge in [0.2, 0.25) is 10.0 Å². The smallest absolute Gasteiger partial charge is 0.256 e. The molecule has 2 aliphatic rings. The van der Waals surface area contributed by atoms with Crippen LogP contribution >= 0.6 is 0 Å². The number of benzene rings is 1.